The van der Waals surface area contributed by atoms with Crippen molar-refractivity contribution in [2.24, 2.45) is 0 Å². The van der Waals surface area contributed by atoms with E-state index in [0.29, 0.717) is 5.95 Å². The molecule has 21 heavy (non-hydrogen) atoms. The van der Waals surface area contributed by atoms with Crippen LogP contribution in [0.4, 0.5) is 10.3 Å². The van der Waals surface area contributed by atoms with Gasteiger partial charge in [-0.2, -0.15) is 10.1 Å². The molecule has 0 amide bonds. The third kappa shape index (κ3) is 2.08. The molecule has 0 saturated heterocycles. The molecule has 0 spiro atoms. The van der Waals surface area contributed by atoms with E-state index in [1.54, 1.807) is 18.4 Å². The van der Waals surface area contributed by atoms with Crippen LogP contribution < -0.4 is 5.32 Å². The number of furan rings is 1. The van der Waals surface area contributed by atoms with Gasteiger partial charge in [-0.1, -0.05) is 12.1 Å². The molecule has 3 aromatic rings. The maximum absolute atomic E-state index is 13.1. The monoisotopic (exact) mass is 284 g/mol. The van der Waals surface area contributed by atoms with Gasteiger partial charge in [0.15, 0.2) is 0 Å². The summed E-state index contributed by atoms with van der Waals surface area (Å²) in [6.07, 6.45) is 3.93. The Hall–Kier alpha value is -2.63. The predicted octanol–water partition coefficient (Wildman–Crippen LogP) is 3.16. The van der Waals surface area contributed by atoms with Gasteiger partial charge in [0.2, 0.25) is 5.95 Å². The van der Waals surface area contributed by atoms with Gasteiger partial charge in [-0.25, -0.2) is 9.07 Å². The Morgan fingerprint density at radius 2 is 2.10 bits per heavy atom. The van der Waals surface area contributed by atoms with Crippen LogP contribution in [0.15, 0.2) is 53.4 Å². The fourth-order valence-corrected chi connectivity index (χ4v) is 2.75. The summed E-state index contributed by atoms with van der Waals surface area (Å²) in [4.78, 5) is 4.24. The van der Waals surface area contributed by atoms with Gasteiger partial charge < -0.3 is 9.73 Å². The molecule has 6 heteroatoms. The fourth-order valence-electron chi connectivity index (χ4n) is 2.75. The molecule has 0 radical (unpaired) electrons. The molecule has 0 unspecified atom stereocenters. The van der Waals surface area contributed by atoms with Crippen LogP contribution in [0.3, 0.4) is 0 Å². The van der Waals surface area contributed by atoms with E-state index in [2.05, 4.69) is 15.4 Å². The highest BCUT2D eigenvalue weighted by Gasteiger charge is 2.31. The van der Waals surface area contributed by atoms with E-state index in [9.17, 15) is 4.39 Å². The van der Waals surface area contributed by atoms with Crippen LogP contribution in [0.5, 0.6) is 0 Å². The van der Waals surface area contributed by atoms with Gasteiger partial charge >= 0.3 is 0 Å². The van der Waals surface area contributed by atoms with Crippen molar-refractivity contribution in [2.45, 2.75) is 18.5 Å². The molecule has 3 heterocycles. The first-order valence-electron chi connectivity index (χ1n) is 6.76. The number of hydrogen-bond acceptors (Lipinski definition) is 4. The topological polar surface area (TPSA) is 55.9 Å². The molecule has 106 valence electrons. The summed E-state index contributed by atoms with van der Waals surface area (Å²) >= 11 is 0. The van der Waals surface area contributed by atoms with Gasteiger partial charge in [0.05, 0.1) is 12.3 Å². The second-order valence-corrected chi connectivity index (χ2v) is 5.04. The summed E-state index contributed by atoms with van der Waals surface area (Å²) in [5.74, 6) is 1.30. The SMILES string of the molecule is Fc1ccc([C@H]2C[C@H](c3ccco3)n3ncnc3N2)cc1. The minimum atomic E-state index is -0.236. The van der Waals surface area contributed by atoms with E-state index in [1.165, 1.54) is 18.5 Å². The Labute approximate surface area is 120 Å². The number of halogens is 1. The maximum atomic E-state index is 13.1. The van der Waals surface area contributed by atoms with Crippen LogP contribution >= 0.6 is 0 Å². The van der Waals surface area contributed by atoms with Crippen LogP contribution in [0.1, 0.15) is 29.8 Å². The van der Waals surface area contributed by atoms with Crippen LogP contribution in [0, 0.1) is 5.82 Å². The molecule has 0 aliphatic carbocycles. The molecule has 2 atom stereocenters. The van der Waals surface area contributed by atoms with Crippen molar-refractivity contribution in [3.63, 3.8) is 0 Å². The van der Waals surface area contributed by atoms with E-state index in [-0.39, 0.29) is 17.9 Å². The fraction of sp³-hybridized carbons (Fsp3) is 0.200. The van der Waals surface area contributed by atoms with Gasteiger partial charge in [-0.3, -0.25) is 0 Å². The normalized spacial score (nSPS) is 20.8. The first kappa shape index (κ1) is 12.1. The molecule has 4 rings (SSSR count). The third-order valence-corrected chi connectivity index (χ3v) is 3.77. The van der Waals surface area contributed by atoms with Gasteiger partial charge in [-0.05, 0) is 29.8 Å². The van der Waals surface area contributed by atoms with Crippen LogP contribution in [-0.4, -0.2) is 14.8 Å². The van der Waals surface area contributed by atoms with Crippen molar-refractivity contribution in [3.8, 4) is 0 Å². The number of nitrogens with one attached hydrogen (secondary N) is 1. The highest BCUT2D eigenvalue weighted by atomic mass is 19.1. The standard InChI is InChI=1S/C15H13FN4O/c16-11-5-3-10(4-6-11)12-8-13(14-2-1-7-21-14)20-15(19-12)17-9-18-20/h1-7,9,12-13H,8H2,(H,17,18,19)/t12-,13-/m1/s1. The molecule has 0 saturated carbocycles. The number of fused-ring (bicyclic) bond motifs is 1. The summed E-state index contributed by atoms with van der Waals surface area (Å²) in [6.45, 7) is 0. The highest BCUT2D eigenvalue weighted by Crippen LogP contribution is 2.37. The van der Waals surface area contributed by atoms with E-state index in [1.807, 2.05) is 16.8 Å². The maximum Gasteiger partial charge on any atom is 0.222 e. The van der Waals surface area contributed by atoms with E-state index in [4.69, 9.17) is 4.42 Å². The van der Waals surface area contributed by atoms with Crippen molar-refractivity contribution >= 4 is 5.95 Å². The van der Waals surface area contributed by atoms with Crippen molar-refractivity contribution in [1.82, 2.24) is 14.8 Å². The van der Waals surface area contributed by atoms with Crippen molar-refractivity contribution in [3.05, 3.63) is 66.1 Å². The molecule has 1 aliphatic heterocycles. The van der Waals surface area contributed by atoms with E-state index >= 15 is 0 Å². The minimum Gasteiger partial charge on any atom is -0.467 e. The Bertz CT molecular complexity index is 735. The van der Waals surface area contributed by atoms with Crippen molar-refractivity contribution in [1.29, 1.82) is 0 Å². The first-order chi connectivity index (χ1) is 10.3. The average Bonchev–Trinajstić information content (AvgIpc) is 3.18. The Morgan fingerprint density at radius 3 is 2.86 bits per heavy atom. The van der Waals surface area contributed by atoms with Crippen LogP contribution in [-0.2, 0) is 0 Å². The van der Waals surface area contributed by atoms with Crippen molar-refractivity contribution < 1.29 is 8.81 Å². The first-order valence-corrected chi connectivity index (χ1v) is 6.76. The molecule has 1 aliphatic rings. The summed E-state index contributed by atoms with van der Waals surface area (Å²) in [5.41, 5.74) is 1.02. The predicted molar refractivity (Wildman–Crippen MR) is 74.2 cm³/mol. The minimum absolute atomic E-state index is 0.0196. The number of benzene rings is 1. The highest BCUT2D eigenvalue weighted by molar-refractivity contribution is 5.36. The van der Waals surface area contributed by atoms with E-state index < -0.39 is 0 Å². The summed E-state index contributed by atoms with van der Waals surface area (Å²) in [5, 5.41) is 7.59. The Balaban J connectivity index is 1.72. The second kappa shape index (κ2) is 4.73. The summed E-state index contributed by atoms with van der Waals surface area (Å²) in [7, 11) is 0. The van der Waals surface area contributed by atoms with Crippen LogP contribution in [0.2, 0.25) is 0 Å². The molecule has 2 aromatic heterocycles. The average molecular weight is 284 g/mol. The number of anilines is 1. The van der Waals surface area contributed by atoms with Gasteiger partial charge in [-0.15, -0.1) is 0 Å². The zero-order chi connectivity index (χ0) is 14.2. The van der Waals surface area contributed by atoms with Gasteiger partial charge in [0.1, 0.15) is 23.9 Å². The molecule has 1 N–H and O–H groups in total. The van der Waals surface area contributed by atoms with Gasteiger partial charge in [0.25, 0.3) is 0 Å². The molecule has 5 nitrogen and oxygen atoms in total. The summed E-state index contributed by atoms with van der Waals surface area (Å²) < 4.78 is 20.4. The smallest absolute Gasteiger partial charge is 0.222 e. The molecule has 0 bridgehead atoms. The lowest BCUT2D eigenvalue weighted by Gasteiger charge is -2.30. The lowest BCUT2D eigenvalue weighted by Crippen LogP contribution is -2.27. The van der Waals surface area contributed by atoms with Gasteiger partial charge in [0, 0.05) is 6.42 Å². The molecule has 0 fully saturated rings. The molecule has 1 aromatic carbocycles. The summed E-state index contributed by atoms with van der Waals surface area (Å²) in [6, 6.07) is 10.3. The number of nitrogens with zero attached hydrogens (tertiary/aromatic N) is 3. The lowest BCUT2D eigenvalue weighted by atomic mass is 9.96. The largest absolute Gasteiger partial charge is 0.467 e. The molecular formula is C15H13FN4O. The lowest BCUT2D eigenvalue weighted by molar-refractivity contribution is 0.358. The van der Waals surface area contributed by atoms with Crippen LogP contribution in [0.25, 0.3) is 0 Å². The zero-order valence-corrected chi connectivity index (χ0v) is 11.1. The Morgan fingerprint density at radius 1 is 1.24 bits per heavy atom. The van der Waals surface area contributed by atoms with Crippen molar-refractivity contribution in [2.75, 3.05) is 5.32 Å². The number of hydrogen-bond donors (Lipinski definition) is 1. The van der Waals surface area contributed by atoms with E-state index in [0.717, 1.165) is 17.7 Å². The second-order valence-electron chi connectivity index (χ2n) is 5.04. The third-order valence-electron chi connectivity index (χ3n) is 3.77. The molecular weight excluding hydrogens is 271 g/mol. The number of aromatic nitrogens is 3. The Kier molecular flexibility index (Phi) is 2.73. The zero-order valence-electron chi connectivity index (χ0n) is 11.1. The quantitative estimate of drug-likeness (QED) is 0.785. The number of rotatable bonds is 2.